The molecular formula is C18H21N3O. The quantitative estimate of drug-likeness (QED) is 0.875. The molecule has 1 aromatic heterocycles. The zero-order valence-corrected chi connectivity index (χ0v) is 12.7. The van der Waals surface area contributed by atoms with E-state index in [0.717, 1.165) is 18.6 Å². The van der Waals surface area contributed by atoms with Crippen molar-refractivity contribution in [3.05, 3.63) is 36.0 Å². The first kappa shape index (κ1) is 12.9. The second kappa shape index (κ2) is 4.67. The second-order valence-corrected chi connectivity index (χ2v) is 7.04. The van der Waals surface area contributed by atoms with Gasteiger partial charge in [-0.05, 0) is 49.4 Å². The Balaban J connectivity index is 1.56. The molecule has 1 N–H and O–H groups in total. The molecular weight excluding hydrogens is 274 g/mol. The van der Waals surface area contributed by atoms with Crippen LogP contribution >= 0.6 is 0 Å². The predicted octanol–water partition coefficient (Wildman–Crippen LogP) is 2.10. The summed E-state index contributed by atoms with van der Waals surface area (Å²) in [6, 6.07) is 8.34. The molecule has 4 heteroatoms. The minimum absolute atomic E-state index is 0.0453. The monoisotopic (exact) mass is 295 g/mol. The number of nitrogens with one attached hydrogen (secondary N) is 1. The highest BCUT2D eigenvalue weighted by Gasteiger charge is 2.42. The molecule has 1 unspecified atom stereocenters. The maximum atomic E-state index is 13.1. The van der Waals surface area contributed by atoms with Crippen molar-refractivity contribution in [1.82, 2.24) is 14.8 Å². The third kappa shape index (κ3) is 1.74. The Hall–Kier alpha value is -1.65. The molecule has 2 atom stereocenters. The maximum Gasteiger partial charge on any atom is 0.248 e. The first-order valence-electron chi connectivity index (χ1n) is 8.40. The number of benzene rings is 1. The van der Waals surface area contributed by atoms with Crippen LogP contribution in [0.5, 0.6) is 0 Å². The smallest absolute Gasteiger partial charge is 0.248 e. The molecule has 114 valence electrons. The van der Waals surface area contributed by atoms with Gasteiger partial charge < -0.3 is 10.2 Å². The molecule has 0 amide bonds. The average Bonchev–Trinajstić information content (AvgIpc) is 2.94. The molecule has 4 nitrogen and oxygen atoms in total. The van der Waals surface area contributed by atoms with Crippen LogP contribution in [0.1, 0.15) is 23.2 Å². The van der Waals surface area contributed by atoms with Crippen LogP contribution in [0, 0.1) is 11.8 Å². The molecule has 1 aromatic carbocycles. The Morgan fingerprint density at radius 3 is 2.77 bits per heavy atom. The number of nitrogens with zero attached hydrogens (tertiary/aromatic N) is 2. The van der Waals surface area contributed by atoms with Gasteiger partial charge in [-0.1, -0.05) is 18.2 Å². The van der Waals surface area contributed by atoms with E-state index in [-0.39, 0.29) is 11.9 Å². The summed E-state index contributed by atoms with van der Waals surface area (Å²) in [5.74, 6) is 1.40. The summed E-state index contributed by atoms with van der Waals surface area (Å²) in [4.78, 5) is 15.7. The third-order valence-electron chi connectivity index (χ3n) is 5.95. The van der Waals surface area contributed by atoms with Crippen molar-refractivity contribution in [1.29, 1.82) is 0 Å². The Kier molecular flexibility index (Phi) is 2.73. The zero-order valence-electron chi connectivity index (χ0n) is 12.7. The lowest BCUT2D eigenvalue weighted by molar-refractivity contribution is 0.0266. The maximum absolute atomic E-state index is 13.1. The molecule has 3 fully saturated rings. The Morgan fingerprint density at radius 2 is 2.00 bits per heavy atom. The van der Waals surface area contributed by atoms with Gasteiger partial charge in [-0.3, -0.25) is 9.36 Å². The number of fused-ring (bicyclic) bond motifs is 3. The SMILES string of the molecule is O=C1[C@H](C2CN3CCC2CC3)NCc2cccc3ccn1c23. The van der Waals surface area contributed by atoms with Crippen LogP contribution in [-0.4, -0.2) is 41.1 Å². The van der Waals surface area contributed by atoms with Crippen molar-refractivity contribution in [2.45, 2.75) is 25.4 Å². The summed E-state index contributed by atoms with van der Waals surface area (Å²) in [6.45, 7) is 4.31. The molecule has 6 rings (SSSR count). The topological polar surface area (TPSA) is 37.3 Å². The number of piperidine rings is 3. The first-order chi connectivity index (χ1) is 10.8. The van der Waals surface area contributed by atoms with Gasteiger partial charge in [0.25, 0.3) is 0 Å². The van der Waals surface area contributed by atoms with Crippen molar-refractivity contribution in [3.63, 3.8) is 0 Å². The highest BCUT2D eigenvalue weighted by atomic mass is 16.2. The van der Waals surface area contributed by atoms with E-state index in [2.05, 4.69) is 34.5 Å². The summed E-state index contributed by atoms with van der Waals surface area (Å²) in [5.41, 5.74) is 2.34. The number of carbonyl (C=O) groups is 1. The molecule has 5 heterocycles. The third-order valence-corrected chi connectivity index (χ3v) is 5.95. The van der Waals surface area contributed by atoms with Crippen molar-refractivity contribution < 1.29 is 4.79 Å². The van der Waals surface area contributed by atoms with E-state index in [4.69, 9.17) is 0 Å². The van der Waals surface area contributed by atoms with Gasteiger partial charge >= 0.3 is 0 Å². The van der Waals surface area contributed by atoms with Gasteiger partial charge in [0.15, 0.2) is 0 Å². The fraction of sp³-hybridized carbons (Fsp3) is 0.500. The highest BCUT2D eigenvalue weighted by molar-refractivity contribution is 5.97. The van der Waals surface area contributed by atoms with Crippen molar-refractivity contribution in [2.75, 3.05) is 19.6 Å². The number of hydrogen-bond donors (Lipinski definition) is 1. The van der Waals surface area contributed by atoms with Crippen molar-refractivity contribution in [3.8, 4) is 0 Å². The summed E-state index contributed by atoms with van der Waals surface area (Å²) in [6.07, 6.45) is 4.46. The Labute approximate surface area is 130 Å². The van der Waals surface area contributed by atoms with E-state index >= 15 is 0 Å². The van der Waals surface area contributed by atoms with Crippen LogP contribution in [0.4, 0.5) is 0 Å². The summed E-state index contributed by atoms with van der Waals surface area (Å²) in [5, 5.41) is 4.75. The molecule has 22 heavy (non-hydrogen) atoms. The Morgan fingerprint density at radius 1 is 1.14 bits per heavy atom. The van der Waals surface area contributed by atoms with E-state index in [9.17, 15) is 4.79 Å². The molecule has 0 radical (unpaired) electrons. The Bertz CT molecular complexity index is 742. The van der Waals surface area contributed by atoms with Crippen LogP contribution in [0.25, 0.3) is 10.9 Å². The van der Waals surface area contributed by atoms with E-state index in [1.165, 1.54) is 36.9 Å². The summed E-state index contributed by atoms with van der Waals surface area (Å²) >= 11 is 0. The number of rotatable bonds is 1. The lowest BCUT2D eigenvalue weighted by Gasteiger charge is -2.47. The molecule has 4 aliphatic heterocycles. The molecule has 2 bridgehead atoms. The number of aromatic nitrogens is 1. The van der Waals surface area contributed by atoms with Gasteiger partial charge in [0.2, 0.25) is 5.91 Å². The number of para-hydroxylation sites is 1. The molecule has 0 aliphatic carbocycles. The van der Waals surface area contributed by atoms with Gasteiger partial charge in [0, 0.05) is 24.7 Å². The van der Waals surface area contributed by atoms with E-state index in [1.807, 2.05) is 10.8 Å². The van der Waals surface area contributed by atoms with Gasteiger partial charge in [-0.25, -0.2) is 0 Å². The standard InChI is InChI=1S/C18H21N3O/c22-18-16(15-11-20-7-4-12(15)5-8-20)19-10-14-3-1-2-13-6-9-21(18)17(13)14/h1-3,6,9,12,15-16,19H,4-5,7-8,10-11H2/t15?,16-/m0/s1. The highest BCUT2D eigenvalue weighted by Crippen LogP contribution is 2.36. The fourth-order valence-electron chi connectivity index (χ4n) is 4.78. The largest absolute Gasteiger partial charge is 0.303 e. The summed E-state index contributed by atoms with van der Waals surface area (Å²) < 4.78 is 1.90. The molecule has 3 saturated heterocycles. The molecule has 2 aromatic rings. The van der Waals surface area contributed by atoms with E-state index < -0.39 is 0 Å². The van der Waals surface area contributed by atoms with Gasteiger partial charge in [0.05, 0.1) is 11.6 Å². The average molecular weight is 295 g/mol. The van der Waals surface area contributed by atoms with E-state index in [0.29, 0.717) is 11.8 Å². The normalized spacial score (nSPS) is 34.1. The van der Waals surface area contributed by atoms with Gasteiger partial charge in [0.1, 0.15) is 0 Å². The van der Waals surface area contributed by atoms with Crippen LogP contribution in [0.2, 0.25) is 0 Å². The summed E-state index contributed by atoms with van der Waals surface area (Å²) in [7, 11) is 0. The predicted molar refractivity (Wildman–Crippen MR) is 85.8 cm³/mol. The second-order valence-electron chi connectivity index (χ2n) is 7.04. The lowest BCUT2D eigenvalue weighted by Crippen LogP contribution is -2.57. The van der Waals surface area contributed by atoms with Gasteiger partial charge in [-0.2, -0.15) is 0 Å². The molecule has 0 spiro atoms. The van der Waals surface area contributed by atoms with Crippen LogP contribution in [0.3, 0.4) is 0 Å². The first-order valence-corrected chi connectivity index (χ1v) is 8.40. The minimum atomic E-state index is -0.0453. The lowest BCUT2D eigenvalue weighted by atomic mass is 9.75. The number of hydrogen-bond acceptors (Lipinski definition) is 3. The molecule has 4 aliphatic rings. The zero-order chi connectivity index (χ0) is 14.7. The van der Waals surface area contributed by atoms with Gasteiger partial charge in [-0.15, -0.1) is 0 Å². The number of carbonyl (C=O) groups excluding carboxylic acids is 1. The fourth-order valence-corrected chi connectivity index (χ4v) is 4.78. The molecule has 0 saturated carbocycles. The van der Waals surface area contributed by atoms with Crippen LogP contribution < -0.4 is 5.32 Å². The van der Waals surface area contributed by atoms with Crippen molar-refractivity contribution in [2.24, 2.45) is 11.8 Å². The van der Waals surface area contributed by atoms with Crippen LogP contribution in [-0.2, 0) is 6.54 Å². The van der Waals surface area contributed by atoms with Crippen LogP contribution in [0.15, 0.2) is 30.5 Å². The van der Waals surface area contributed by atoms with E-state index in [1.54, 1.807) is 0 Å². The van der Waals surface area contributed by atoms with Crippen molar-refractivity contribution >= 4 is 16.8 Å². The minimum Gasteiger partial charge on any atom is -0.303 e.